The Kier molecular flexibility index (Phi) is 4.54. The fourth-order valence-electron chi connectivity index (χ4n) is 3.46. The van der Waals surface area contributed by atoms with Gasteiger partial charge < -0.3 is 14.8 Å². The Bertz CT molecular complexity index is 966. The number of nitrogens with zero attached hydrogens (tertiary/aromatic N) is 2. The van der Waals surface area contributed by atoms with Crippen LogP contribution in [0.4, 0.5) is 5.82 Å². The lowest BCUT2D eigenvalue weighted by molar-refractivity contribution is -0.116. The Morgan fingerprint density at radius 1 is 1.19 bits per heavy atom. The summed E-state index contributed by atoms with van der Waals surface area (Å²) in [6.45, 7) is 2.50. The molecule has 0 saturated carbocycles. The number of aromatic nitrogens is 2. The van der Waals surface area contributed by atoms with Gasteiger partial charge in [-0.25, -0.2) is 4.68 Å². The Morgan fingerprint density at radius 2 is 2.00 bits per heavy atom. The van der Waals surface area contributed by atoms with E-state index in [0.717, 1.165) is 22.6 Å². The molecular formula is C21H21N3O3. The van der Waals surface area contributed by atoms with Gasteiger partial charge in [-0.05, 0) is 36.8 Å². The lowest BCUT2D eigenvalue weighted by atomic mass is 9.87. The largest absolute Gasteiger partial charge is 0.493 e. The van der Waals surface area contributed by atoms with Crippen molar-refractivity contribution in [2.24, 2.45) is 0 Å². The van der Waals surface area contributed by atoms with Crippen molar-refractivity contribution in [2.45, 2.75) is 19.3 Å². The second-order valence-corrected chi connectivity index (χ2v) is 6.34. The van der Waals surface area contributed by atoms with Crippen LogP contribution in [0.1, 0.15) is 30.4 Å². The minimum absolute atomic E-state index is 0.0296. The normalized spacial score (nSPS) is 15.8. The van der Waals surface area contributed by atoms with Gasteiger partial charge in [-0.15, -0.1) is 0 Å². The first kappa shape index (κ1) is 17.1. The van der Waals surface area contributed by atoms with Crippen molar-refractivity contribution in [1.82, 2.24) is 9.78 Å². The van der Waals surface area contributed by atoms with Crippen molar-refractivity contribution >= 4 is 11.7 Å². The van der Waals surface area contributed by atoms with Crippen LogP contribution < -0.4 is 14.8 Å². The molecule has 27 heavy (non-hydrogen) atoms. The van der Waals surface area contributed by atoms with E-state index in [1.165, 1.54) is 0 Å². The van der Waals surface area contributed by atoms with Crippen LogP contribution in [-0.4, -0.2) is 29.4 Å². The van der Waals surface area contributed by atoms with Crippen LogP contribution in [0.15, 0.2) is 54.7 Å². The van der Waals surface area contributed by atoms with Gasteiger partial charge in [0, 0.05) is 17.9 Å². The smallest absolute Gasteiger partial charge is 0.226 e. The number of ether oxygens (including phenoxy) is 2. The predicted octanol–water partition coefficient (Wildman–Crippen LogP) is 3.75. The first-order chi connectivity index (χ1) is 13.2. The number of fused-ring (bicyclic) bond motifs is 1. The van der Waals surface area contributed by atoms with Gasteiger partial charge in [0.05, 0.1) is 25.6 Å². The summed E-state index contributed by atoms with van der Waals surface area (Å²) in [6.07, 6.45) is 2.19. The van der Waals surface area contributed by atoms with Gasteiger partial charge in [0.2, 0.25) is 5.91 Å². The summed E-state index contributed by atoms with van der Waals surface area (Å²) in [7, 11) is 1.62. The van der Waals surface area contributed by atoms with E-state index in [-0.39, 0.29) is 11.8 Å². The molecule has 0 bridgehead atoms. The van der Waals surface area contributed by atoms with Crippen LogP contribution in [-0.2, 0) is 4.79 Å². The monoisotopic (exact) mass is 363 g/mol. The summed E-state index contributed by atoms with van der Waals surface area (Å²) in [5.41, 5.74) is 2.90. The van der Waals surface area contributed by atoms with Crippen LogP contribution in [0.2, 0.25) is 0 Å². The van der Waals surface area contributed by atoms with Gasteiger partial charge in [0.1, 0.15) is 5.82 Å². The molecule has 2 heterocycles. The highest BCUT2D eigenvalue weighted by molar-refractivity contribution is 5.94. The van der Waals surface area contributed by atoms with Gasteiger partial charge in [0.15, 0.2) is 11.5 Å². The Morgan fingerprint density at radius 3 is 2.74 bits per heavy atom. The lowest BCUT2D eigenvalue weighted by Gasteiger charge is -2.24. The molecular weight excluding hydrogens is 342 g/mol. The number of para-hydroxylation sites is 1. The fourth-order valence-corrected chi connectivity index (χ4v) is 3.46. The number of carbonyl (C=O) groups excluding carboxylic acids is 1. The van der Waals surface area contributed by atoms with Crippen LogP contribution in [0.3, 0.4) is 0 Å². The SMILES string of the molecule is CCOc1ccc([C@H]2CC(=O)Nc3c2cnn3-c2ccccc2)cc1OC. The van der Waals surface area contributed by atoms with Crippen LogP contribution in [0.5, 0.6) is 11.5 Å². The zero-order valence-corrected chi connectivity index (χ0v) is 15.3. The van der Waals surface area contributed by atoms with Crippen molar-refractivity contribution in [3.05, 3.63) is 65.9 Å². The average molecular weight is 363 g/mol. The molecule has 0 radical (unpaired) electrons. The third-order valence-electron chi connectivity index (χ3n) is 4.71. The maximum absolute atomic E-state index is 12.4. The number of amides is 1. The van der Waals surface area contributed by atoms with E-state index in [0.29, 0.717) is 24.5 Å². The quantitative estimate of drug-likeness (QED) is 0.750. The van der Waals surface area contributed by atoms with Gasteiger partial charge in [-0.2, -0.15) is 5.10 Å². The number of hydrogen-bond acceptors (Lipinski definition) is 4. The summed E-state index contributed by atoms with van der Waals surface area (Å²) >= 11 is 0. The van der Waals surface area contributed by atoms with Crippen molar-refractivity contribution in [1.29, 1.82) is 0 Å². The summed E-state index contributed by atoms with van der Waals surface area (Å²) in [6, 6.07) is 15.6. The van der Waals surface area contributed by atoms with E-state index in [4.69, 9.17) is 9.47 Å². The molecule has 1 amide bonds. The number of rotatable bonds is 5. The maximum Gasteiger partial charge on any atom is 0.226 e. The second kappa shape index (κ2) is 7.15. The molecule has 1 aliphatic heterocycles. The third-order valence-corrected chi connectivity index (χ3v) is 4.71. The van der Waals surface area contributed by atoms with Crippen molar-refractivity contribution in [3.8, 4) is 17.2 Å². The van der Waals surface area contributed by atoms with Crippen LogP contribution in [0, 0.1) is 0 Å². The highest BCUT2D eigenvalue weighted by Gasteiger charge is 2.30. The van der Waals surface area contributed by atoms with E-state index in [1.54, 1.807) is 11.8 Å². The first-order valence-corrected chi connectivity index (χ1v) is 8.95. The van der Waals surface area contributed by atoms with Crippen LogP contribution in [0.25, 0.3) is 5.69 Å². The molecule has 1 aromatic heterocycles. The molecule has 138 valence electrons. The molecule has 0 aliphatic carbocycles. The molecule has 1 N–H and O–H groups in total. The minimum Gasteiger partial charge on any atom is -0.493 e. The number of nitrogens with one attached hydrogen (secondary N) is 1. The van der Waals surface area contributed by atoms with Crippen molar-refractivity contribution in [3.63, 3.8) is 0 Å². The first-order valence-electron chi connectivity index (χ1n) is 8.95. The summed E-state index contributed by atoms with van der Waals surface area (Å²) in [5, 5.41) is 7.49. The Balaban J connectivity index is 1.76. The molecule has 6 nitrogen and oxygen atoms in total. The van der Waals surface area contributed by atoms with E-state index in [9.17, 15) is 4.79 Å². The van der Waals surface area contributed by atoms with Crippen molar-refractivity contribution in [2.75, 3.05) is 19.0 Å². The zero-order chi connectivity index (χ0) is 18.8. The maximum atomic E-state index is 12.4. The molecule has 4 rings (SSSR count). The number of hydrogen-bond donors (Lipinski definition) is 1. The predicted molar refractivity (Wildman–Crippen MR) is 103 cm³/mol. The second-order valence-electron chi connectivity index (χ2n) is 6.34. The standard InChI is InChI=1S/C21H21N3O3/c1-3-27-18-10-9-14(11-19(18)26-2)16-12-20(25)23-21-17(16)13-22-24(21)15-7-5-4-6-8-15/h4-11,13,16H,3,12H2,1-2H3,(H,23,25)/t16-/m1/s1. The third kappa shape index (κ3) is 3.14. The molecule has 6 heteroatoms. The number of benzene rings is 2. The number of anilines is 1. The van der Waals surface area contributed by atoms with E-state index >= 15 is 0 Å². The average Bonchev–Trinajstić information content (AvgIpc) is 3.12. The Labute approximate surface area is 157 Å². The number of methoxy groups -OCH3 is 1. The highest BCUT2D eigenvalue weighted by atomic mass is 16.5. The summed E-state index contributed by atoms with van der Waals surface area (Å²) < 4.78 is 12.8. The minimum atomic E-state index is -0.0872. The summed E-state index contributed by atoms with van der Waals surface area (Å²) in [5.74, 6) is 1.96. The van der Waals surface area contributed by atoms with Gasteiger partial charge in [-0.1, -0.05) is 24.3 Å². The topological polar surface area (TPSA) is 65.4 Å². The van der Waals surface area contributed by atoms with Crippen LogP contribution >= 0.6 is 0 Å². The zero-order valence-electron chi connectivity index (χ0n) is 15.3. The van der Waals surface area contributed by atoms with E-state index in [1.807, 2.05) is 61.7 Å². The molecule has 0 fully saturated rings. The summed E-state index contributed by atoms with van der Waals surface area (Å²) in [4.78, 5) is 12.4. The molecule has 2 aromatic carbocycles. The highest BCUT2D eigenvalue weighted by Crippen LogP contribution is 2.40. The molecule has 0 spiro atoms. The molecule has 0 unspecified atom stereocenters. The number of carbonyl (C=O) groups is 1. The van der Waals surface area contributed by atoms with Crippen molar-refractivity contribution < 1.29 is 14.3 Å². The Hall–Kier alpha value is -3.28. The molecule has 1 atom stereocenters. The fraction of sp³-hybridized carbons (Fsp3) is 0.238. The molecule has 3 aromatic rings. The van der Waals surface area contributed by atoms with Gasteiger partial charge >= 0.3 is 0 Å². The lowest BCUT2D eigenvalue weighted by Crippen LogP contribution is -2.24. The van der Waals surface area contributed by atoms with E-state index in [2.05, 4.69) is 10.4 Å². The van der Waals surface area contributed by atoms with E-state index < -0.39 is 0 Å². The van der Waals surface area contributed by atoms with Gasteiger partial charge in [-0.3, -0.25) is 4.79 Å². The molecule has 0 saturated heterocycles. The molecule has 1 aliphatic rings. The van der Waals surface area contributed by atoms with Gasteiger partial charge in [0.25, 0.3) is 0 Å².